The number of carbonyl (C=O) groups excluding carboxylic acids is 2. The van der Waals surface area contributed by atoms with E-state index in [4.69, 9.17) is 10.2 Å². The molecule has 0 saturated carbocycles. The lowest BCUT2D eigenvalue weighted by Gasteiger charge is -2.27. The molecule has 0 fully saturated rings. The smallest absolute Gasteiger partial charge is 0.434 e. The molecular weight excluding hydrogens is 716 g/mol. The summed E-state index contributed by atoms with van der Waals surface area (Å²) in [6.45, 7) is 18.4. The minimum atomic E-state index is -5.67. The Kier molecular flexibility index (Phi) is 21.1. The topological polar surface area (TPSA) is 127 Å². The van der Waals surface area contributed by atoms with E-state index in [1.54, 1.807) is 27.7 Å². The molecule has 0 aromatic rings. The van der Waals surface area contributed by atoms with Gasteiger partial charge in [-0.3, -0.25) is 19.2 Å². The van der Waals surface area contributed by atoms with Gasteiger partial charge in [-0.2, -0.15) is 52.7 Å². The fourth-order valence-corrected chi connectivity index (χ4v) is 1.76. The molecule has 2 N–H and O–H groups in total. The summed E-state index contributed by atoms with van der Waals surface area (Å²) in [5.74, 6) is -4.50. The second-order valence-electron chi connectivity index (χ2n) is 13.3. The average molecular weight is 765 g/mol. The van der Waals surface area contributed by atoms with Crippen molar-refractivity contribution in [1.29, 1.82) is 0 Å². The SMILES string of the molecule is CCC(C)(C)C(=O)O.CCC(C)(C)C(=O)O.CCC(C)(C)C(=O)OC(C(F)(F)F)C(F)(F)F.CCC(C)(C)C(=O)OC(C(F)(F)F)C(F)(F)F. The number of carboxylic acids is 2. The molecule has 0 saturated heterocycles. The van der Waals surface area contributed by atoms with E-state index in [1.807, 2.05) is 13.8 Å². The van der Waals surface area contributed by atoms with Crippen molar-refractivity contribution in [2.45, 2.75) is 146 Å². The maximum atomic E-state index is 12.1. The lowest BCUT2D eigenvalue weighted by molar-refractivity contribution is -0.316. The molecule has 0 atom stereocenters. The summed E-state index contributed by atoms with van der Waals surface area (Å²) >= 11 is 0. The number of esters is 2. The van der Waals surface area contributed by atoms with Gasteiger partial charge in [0.25, 0.3) is 12.2 Å². The van der Waals surface area contributed by atoms with E-state index in [0.717, 1.165) is 0 Å². The van der Waals surface area contributed by atoms with Crippen molar-refractivity contribution in [3.05, 3.63) is 0 Å². The minimum absolute atomic E-state index is 0.0638. The van der Waals surface area contributed by atoms with Gasteiger partial charge in [0.1, 0.15) is 0 Å². The molecule has 50 heavy (non-hydrogen) atoms. The molecule has 20 heteroatoms. The number of rotatable bonds is 10. The Bertz CT molecular complexity index is 960. The van der Waals surface area contributed by atoms with Gasteiger partial charge in [-0.25, -0.2) is 0 Å². The van der Waals surface area contributed by atoms with Crippen molar-refractivity contribution in [2.24, 2.45) is 21.7 Å². The molecule has 0 radical (unpaired) electrons. The zero-order chi connectivity index (χ0) is 41.7. The number of hydrogen-bond donors (Lipinski definition) is 2. The molecule has 0 aliphatic rings. The Morgan fingerprint density at radius 3 is 0.660 bits per heavy atom. The molecular formula is C30H48F12O8. The van der Waals surface area contributed by atoms with Crippen LogP contribution in [0.15, 0.2) is 0 Å². The van der Waals surface area contributed by atoms with Crippen molar-refractivity contribution in [1.82, 2.24) is 0 Å². The second-order valence-corrected chi connectivity index (χ2v) is 13.3. The van der Waals surface area contributed by atoms with Gasteiger partial charge in [0.05, 0.1) is 21.7 Å². The van der Waals surface area contributed by atoms with Crippen molar-refractivity contribution >= 4 is 23.9 Å². The van der Waals surface area contributed by atoms with E-state index in [2.05, 4.69) is 9.47 Å². The van der Waals surface area contributed by atoms with Crippen LogP contribution in [0.2, 0.25) is 0 Å². The third-order valence-corrected chi connectivity index (χ3v) is 7.44. The minimum Gasteiger partial charge on any atom is -0.481 e. The van der Waals surface area contributed by atoms with Crippen LogP contribution in [-0.4, -0.2) is 71.0 Å². The number of alkyl halides is 12. The van der Waals surface area contributed by atoms with Gasteiger partial charge < -0.3 is 19.7 Å². The van der Waals surface area contributed by atoms with Crippen LogP contribution in [0, 0.1) is 21.7 Å². The van der Waals surface area contributed by atoms with Gasteiger partial charge in [-0.15, -0.1) is 0 Å². The van der Waals surface area contributed by atoms with Gasteiger partial charge in [0, 0.05) is 0 Å². The van der Waals surface area contributed by atoms with Crippen molar-refractivity contribution in [3.8, 4) is 0 Å². The third kappa shape index (κ3) is 20.7. The molecule has 0 aliphatic carbocycles. The summed E-state index contributed by atoms with van der Waals surface area (Å²) in [5, 5.41) is 16.9. The molecule has 0 amide bonds. The van der Waals surface area contributed by atoms with E-state index in [1.165, 1.54) is 41.5 Å². The number of aliphatic carboxylic acids is 2. The highest BCUT2D eigenvalue weighted by Gasteiger charge is 2.61. The quantitative estimate of drug-likeness (QED) is 0.166. The van der Waals surface area contributed by atoms with Gasteiger partial charge in [-0.1, -0.05) is 27.7 Å². The fourth-order valence-electron chi connectivity index (χ4n) is 1.76. The first-order valence-corrected chi connectivity index (χ1v) is 14.8. The first-order valence-electron chi connectivity index (χ1n) is 14.8. The number of ether oxygens (including phenoxy) is 2. The van der Waals surface area contributed by atoms with Crippen LogP contribution in [0.25, 0.3) is 0 Å². The van der Waals surface area contributed by atoms with Gasteiger partial charge in [0.15, 0.2) is 0 Å². The summed E-state index contributed by atoms with van der Waals surface area (Å²) in [7, 11) is 0. The maximum absolute atomic E-state index is 12.1. The zero-order valence-corrected chi connectivity index (χ0v) is 29.9. The maximum Gasteiger partial charge on any atom is 0.434 e. The van der Waals surface area contributed by atoms with Gasteiger partial charge in [-0.05, 0) is 81.1 Å². The molecule has 0 rings (SSSR count). The second kappa shape index (κ2) is 19.6. The highest BCUT2D eigenvalue weighted by molar-refractivity contribution is 5.76. The molecule has 0 aromatic heterocycles. The molecule has 0 unspecified atom stereocenters. The summed E-state index contributed by atoms with van der Waals surface area (Å²) in [6, 6.07) is 0. The normalized spacial score (nSPS) is 13.2. The molecule has 8 nitrogen and oxygen atoms in total. The van der Waals surface area contributed by atoms with Gasteiger partial charge in [0.2, 0.25) is 0 Å². The first kappa shape index (κ1) is 53.8. The molecule has 0 spiro atoms. The number of hydrogen-bond acceptors (Lipinski definition) is 6. The predicted molar refractivity (Wildman–Crippen MR) is 156 cm³/mol. The fraction of sp³-hybridized carbons (Fsp3) is 0.867. The molecule has 0 aliphatic heterocycles. The van der Waals surface area contributed by atoms with E-state index in [-0.39, 0.29) is 12.8 Å². The van der Waals surface area contributed by atoms with Crippen LogP contribution in [0.5, 0.6) is 0 Å². The van der Waals surface area contributed by atoms with Crippen LogP contribution in [0.3, 0.4) is 0 Å². The lowest BCUT2D eigenvalue weighted by Crippen LogP contribution is -2.47. The molecule has 0 heterocycles. The van der Waals surface area contributed by atoms with E-state index in [0.29, 0.717) is 12.8 Å². The first-order chi connectivity index (χ1) is 21.6. The summed E-state index contributed by atoms with van der Waals surface area (Å²) in [4.78, 5) is 42.9. The lowest BCUT2D eigenvalue weighted by atomic mass is 9.90. The van der Waals surface area contributed by atoms with E-state index < -0.39 is 82.5 Å². The monoisotopic (exact) mass is 764 g/mol. The summed E-state index contributed by atoms with van der Waals surface area (Å²) < 4.78 is 152. The highest BCUT2D eigenvalue weighted by atomic mass is 19.4. The Balaban J connectivity index is -0.000000300. The average Bonchev–Trinajstić information content (AvgIpc) is 2.92. The van der Waals surface area contributed by atoms with Crippen molar-refractivity contribution in [2.75, 3.05) is 0 Å². The van der Waals surface area contributed by atoms with Crippen LogP contribution >= 0.6 is 0 Å². The van der Waals surface area contributed by atoms with E-state index in [9.17, 15) is 71.9 Å². The van der Waals surface area contributed by atoms with Crippen LogP contribution in [0.1, 0.15) is 109 Å². The standard InChI is InChI=1S/2C9H12F6O2.2C6H12O2/c2*1-4-7(2,3)6(16)17-5(8(10,11)12)9(13,14)15;2*1-4-6(2,3)5(7)8/h2*5H,4H2,1-3H3;2*4H2,1-3H3,(H,7,8). The molecule has 0 bridgehead atoms. The summed E-state index contributed by atoms with van der Waals surface area (Å²) in [5.41, 5.74) is -3.87. The number of carbonyl (C=O) groups is 4. The Morgan fingerprint density at radius 1 is 0.420 bits per heavy atom. The number of halogens is 12. The van der Waals surface area contributed by atoms with Crippen molar-refractivity contribution < 1.29 is 91.5 Å². The summed E-state index contributed by atoms with van der Waals surface area (Å²) in [6.07, 6.45) is -29.3. The number of carboxylic acid groups (broad SMARTS) is 2. The molecule has 0 aromatic carbocycles. The van der Waals surface area contributed by atoms with Crippen LogP contribution in [0.4, 0.5) is 52.7 Å². The Morgan fingerprint density at radius 2 is 0.580 bits per heavy atom. The predicted octanol–water partition coefficient (Wildman–Crippen LogP) is 9.93. The van der Waals surface area contributed by atoms with Crippen LogP contribution in [-0.2, 0) is 28.7 Å². The van der Waals surface area contributed by atoms with Crippen molar-refractivity contribution in [3.63, 3.8) is 0 Å². The Labute approximate surface area is 283 Å². The van der Waals surface area contributed by atoms with Gasteiger partial charge >= 0.3 is 48.6 Å². The van der Waals surface area contributed by atoms with E-state index >= 15 is 0 Å². The zero-order valence-electron chi connectivity index (χ0n) is 29.9. The van der Waals surface area contributed by atoms with Crippen LogP contribution < -0.4 is 0 Å². The highest BCUT2D eigenvalue weighted by Crippen LogP contribution is 2.39. The Hall–Kier alpha value is -2.96. The third-order valence-electron chi connectivity index (χ3n) is 7.44. The molecule has 300 valence electrons. The largest absolute Gasteiger partial charge is 0.481 e.